The highest BCUT2D eigenvalue weighted by Gasteiger charge is 2.59. The molecule has 0 spiro atoms. The summed E-state index contributed by atoms with van der Waals surface area (Å²) < 4.78 is 5.42. The monoisotopic (exact) mass is 422 g/mol. The average Bonchev–Trinajstić information content (AvgIpc) is 3.10. The average molecular weight is 423 g/mol. The molecule has 5 nitrogen and oxygen atoms in total. The van der Waals surface area contributed by atoms with Gasteiger partial charge in [0.25, 0.3) is 0 Å². The molecule has 1 aliphatic heterocycles. The second-order valence-electron chi connectivity index (χ2n) is 10.6. The summed E-state index contributed by atoms with van der Waals surface area (Å²) in [6, 6.07) is 9.52. The Morgan fingerprint density at radius 1 is 1.10 bits per heavy atom. The van der Waals surface area contributed by atoms with Gasteiger partial charge in [0.15, 0.2) is 0 Å². The second kappa shape index (κ2) is 7.68. The zero-order valence-electron chi connectivity index (χ0n) is 18.6. The third kappa shape index (κ3) is 3.46. The topological polar surface area (TPSA) is 67.4 Å². The van der Waals surface area contributed by atoms with Crippen LogP contribution in [0.5, 0.6) is 5.75 Å². The molecule has 166 valence electrons. The van der Waals surface area contributed by atoms with Crippen molar-refractivity contribution in [3.63, 3.8) is 0 Å². The molecule has 3 aliphatic carbocycles. The first-order valence-corrected chi connectivity index (χ1v) is 11.9. The van der Waals surface area contributed by atoms with Gasteiger partial charge in [0, 0.05) is 18.0 Å². The van der Waals surface area contributed by atoms with E-state index in [9.17, 15) is 9.59 Å². The van der Waals surface area contributed by atoms with Gasteiger partial charge in [-0.05, 0) is 85.8 Å². The Morgan fingerprint density at radius 3 is 2.71 bits per heavy atom. The van der Waals surface area contributed by atoms with Crippen LogP contribution in [0.1, 0.15) is 52.4 Å². The first kappa shape index (κ1) is 20.6. The largest absolute Gasteiger partial charge is 0.412 e. The number of amides is 2. The van der Waals surface area contributed by atoms with Crippen LogP contribution >= 0.6 is 0 Å². The van der Waals surface area contributed by atoms with Gasteiger partial charge in [-0.1, -0.05) is 38.1 Å². The Bertz CT molecular complexity index is 884. The molecule has 5 heteroatoms. The van der Waals surface area contributed by atoms with E-state index in [2.05, 4.69) is 30.6 Å². The molecule has 0 radical (unpaired) electrons. The maximum atomic E-state index is 12.3. The number of ether oxygens (including phenoxy) is 1. The first-order valence-electron chi connectivity index (χ1n) is 11.9. The highest BCUT2D eigenvalue weighted by Crippen LogP contribution is 2.64. The van der Waals surface area contributed by atoms with Gasteiger partial charge in [0.05, 0.1) is 0 Å². The third-order valence-corrected chi connectivity index (χ3v) is 9.33. The second-order valence-corrected chi connectivity index (χ2v) is 10.6. The summed E-state index contributed by atoms with van der Waals surface area (Å²) in [5.41, 5.74) is 0.347. The molecule has 2 N–H and O–H groups in total. The van der Waals surface area contributed by atoms with Gasteiger partial charge in [-0.25, -0.2) is 4.79 Å². The van der Waals surface area contributed by atoms with Crippen LogP contribution in [0.15, 0.2) is 42.5 Å². The van der Waals surface area contributed by atoms with Gasteiger partial charge in [-0.2, -0.15) is 0 Å². The van der Waals surface area contributed by atoms with Gasteiger partial charge >= 0.3 is 6.09 Å². The zero-order chi connectivity index (χ0) is 21.6. The molecule has 1 heterocycles. The van der Waals surface area contributed by atoms with Gasteiger partial charge in [0.1, 0.15) is 5.75 Å². The summed E-state index contributed by atoms with van der Waals surface area (Å²) >= 11 is 0. The minimum Gasteiger partial charge on any atom is -0.410 e. The molecular formula is C26H34N2O3. The normalized spacial score (nSPS) is 40.8. The molecule has 0 saturated heterocycles. The lowest BCUT2D eigenvalue weighted by Crippen LogP contribution is -2.59. The number of carbonyl (C=O) groups is 2. The Hall–Kier alpha value is -2.30. The predicted molar refractivity (Wildman–Crippen MR) is 119 cm³/mol. The van der Waals surface area contributed by atoms with Crippen molar-refractivity contribution in [2.45, 2.75) is 58.4 Å². The Kier molecular flexibility index (Phi) is 5.10. The van der Waals surface area contributed by atoms with Gasteiger partial charge in [0.2, 0.25) is 5.91 Å². The van der Waals surface area contributed by atoms with Crippen LogP contribution in [0.2, 0.25) is 0 Å². The minimum absolute atomic E-state index is 0.0657. The van der Waals surface area contributed by atoms with Crippen LogP contribution in [0.25, 0.3) is 0 Å². The molecule has 0 aromatic heterocycles. The summed E-state index contributed by atoms with van der Waals surface area (Å²) in [5.74, 6) is 3.18. The molecule has 7 atom stereocenters. The van der Waals surface area contributed by atoms with Crippen LogP contribution in [0, 0.1) is 34.5 Å². The molecule has 3 fully saturated rings. The summed E-state index contributed by atoms with van der Waals surface area (Å²) in [5, 5.41) is 6.28. The molecule has 7 unspecified atom stereocenters. The molecule has 3 saturated carbocycles. The summed E-state index contributed by atoms with van der Waals surface area (Å²) in [6.45, 7) is 5.51. The minimum atomic E-state index is -0.358. The van der Waals surface area contributed by atoms with Crippen LogP contribution in [0.3, 0.4) is 0 Å². The Balaban J connectivity index is 1.25. The number of benzene rings is 1. The summed E-state index contributed by atoms with van der Waals surface area (Å²) in [6.07, 6.45) is 10.7. The number of rotatable bonds is 3. The van der Waals surface area contributed by atoms with E-state index < -0.39 is 0 Å². The van der Waals surface area contributed by atoms with E-state index in [0.717, 1.165) is 6.42 Å². The molecule has 2 amide bonds. The zero-order valence-corrected chi connectivity index (χ0v) is 18.6. The lowest BCUT2D eigenvalue weighted by molar-refractivity contribution is -0.122. The highest BCUT2D eigenvalue weighted by molar-refractivity contribution is 5.89. The van der Waals surface area contributed by atoms with E-state index >= 15 is 0 Å². The number of carbonyl (C=O) groups excluding carboxylic acids is 2. The SMILES string of the molecule is CC12C=CC(=O)NC1CCC1C2CCC2(C)C(CNC(=O)Oc3ccccc3)CCC12. The van der Waals surface area contributed by atoms with E-state index in [1.54, 1.807) is 18.2 Å². The molecule has 5 rings (SSSR count). The number of fused-ring (bicyclic) bond motifs is 5. The van der Waals surface area contributed by atoms with Crippen molar-refractivity contribution in [1.82, 2.24) is 10.6 Å². The van der Waals surface area contributed by atoms with Crippen LogP contribution in [0.4, 0.5) is 4.79 Å². The maximum Gasteiger partial charge on any atom is 0.412 e. The molecular weight excluding hydrogens is 388 g/mol. The fourth-order valence-corrected chi connectivity index (χ4v) is 7.62. The van der Waals surface area contributed by atoms with E-state index in [-0.39, 0.29) is 28.9 Å². The first-order chi connectivity index (χ1) is 14.9. The quantitative estimate of drug-likeness (QED) is 0.743. The smallest absolute Gasteiger partial charge is 0.410 e. The molecule has 1 aromatic rings. The van der Waals surface area contributed by atoms with Crippen LogP contribution in [-0.4, -0.2) is 24.6 Å². The molecule has 31 heavy (non-hydrogen) atoms. The predicted octanol–water partition coefficient (Wildman–Crippen LogP) is 4.69. The van der Waals surface area contributed by atoms with Crippen molar-refractivity contribution >= 4 is 12.0 Å². The molecule has 4 aliphatic rings. The summed E-state index contributed by atoms with van der Waals surface area (Å²) in [4.78, 5) is 24.2. The van der Waals surface area contributed by atoms with E-state index in [1.807, 2.05) is 18.2 Å². The number of hydrogen-bond donors (Lipinski definition) is 2. The standard InChI is InChI=1S/C26H34N2O3/c1-25-14-12-21-19(9-11-22-26(21,2)15-13-23(29)28-22)20(25)10-8-17(25)16-27-24(30)31-18-6-4-3-5-7-18/h3-7,13,15,17,19-22H,8-12,14,16H2,1-2H3,(H,27,30)(H,28,29). The van der Waals surface area contributed by atoms with E-state index in [1.165, 1.54) is 32.1 Å². The number of nitrogens with one attached hydrogen (secondary N) is 2. The van der Waals surface area contributed by atoms with E-state index in [0.29, 0.717) is 36.0 Å². The molecule has 1 aromatic carbocycles. The van der Waals surface area contributed by atoms with Gasteiger partial charge < -0.3 is 15.4 Å². The van der Waals surface area contributed by atoms with Gasteiger partial charge in [-0.15, -0.1) is 0 Å². The fraction of sp³-hybridized carbons (Fsp3) is 0.615. The van der Waals surface area contributed by atoms with Crippen molar-refractivity contribution in [1.29, 1.82) is 0 Å². The van der Waals surface area contributed by atoms with Crippen molar-refractivity contribution in [3.05, 3.63) is 42.5 Å². The van der Waals surface area contributed by atoms with Crippen LogP contribution < -0.4 is 15.4 Å². The lowest BCUT2D eigenvalue weighted by Gasteiger charge is -2.59. The van der Waals surface area contributed by atoms with E-state index in [4.69, 9.17) is 4.74 Å². The van der Waals surface area contributed by atoms with Crippen molar-refractivity contribution in [2.24, 2.45) is 34.5 Å². The number of para-hydroxylation sites is 1. The van der Waals surface area contributed by atoms with Crippen molar-refractivity contribution in [3.8, 4) is 5.75 Å². The van der Waals surface area contributed by atoms with Crippen molar-refractivity contribution < 1.29 is 14.3 Å². The maximum absolute atomic E-state index is 12.3. The third-order valence-electron chi connectivity index (χ3n) is 9.33. The Morgan fingerprint density at radius 2 is 1.90 bits per heavy atom. The summed E-state index contributed by atoms with van der Waals surface area (Å²) in [7, 11) is 0. The van der Waals surface area contributed by atoms with Gasteiger partial charge in [-0.3, -0.25) is 4.79 Å². The Labute approximate surface area is 185 Å². The fourth-order valence-electron chi connectivity index (χ4n) is 7.62. The highest BCUT2D eigenvalue weighted by atomic mass is 16.6. The molecule has 0 bridgehead atoms. The lowest BCUT2D eigenvalue weighted by atomic mass is 9.48. The van der Waals surface area contributed by atoms with Crippen LogP contribution in [-0.2, 0) is 4.79 Å². The van der Waals surface area contributed by atoms with Crippen molar-refractivity contribution in [2.75, 3.05) is 6.54 Å². The number of hydrogen-bond acceptors (Lipinski definition) is 3.